The van der Waals surface area contributed by atoms with E-state index < -0.39 is 0 Å². The second-order valence-electron chi connectivity index (χ2n) is 5.90. The van der Waals surface area contributed by atoms with Gasteiger partial charge in [-0.05, 0) is 48.7 Å². The van der Waals surface area contributed by atoms with Gasteiger partial charge >= 0.3 is 0 Å². The second-order valence-corrected chi connectivity index (χ2v) is 5.90. The van der Waals surface area contributed by atoms with E-state index in [0.717, 1.165) is 17.7 Å². The van der Waals surface area contributed by atoms with Gasteiger partial charge in [0.05, 0.1) is 0 Å². The SMILES string of the molecule is CCc1ccc(Nc2cc(C(=O)NCc3ccncc3)nc(C)n2)cc1. The molecule has 0 bridgehead atoms. The number of benzene rings is 1. The molecule has 1 aromatic carbocycles. The van der Waals surface area contributed by atoms with Crippen molar-refractivity contribution in [3.05, 3.63) is 77.5 Å². The van der Waals surface area contributed by atoms with Crippen LogP contribution in [-0.2, 0) is 13.0 Å². The van der Waals surface area contributed by atoms with Crippen LogP contribution in [0.15, 0.2) is 54.9 Å². The third-order valence-electron chi connectivity index (χ3n) is 3.91. The van der Waals surface area contributed by atoms with E-state index in [1.54, 1.807) is 25.4 Å². The Morgan fingerprint density at radius 3 is 2.42 bits per heavy atom. The molecule has 0 fully saturated rings. The van der Waals surface area contributed by atoms with Crippen LogP contribution in [0.5, 0.6) is 0 Å². The first-order valence-electron chi connectivity index (χ1n) is 8.53. The van der Waals surface area contributed by atoms with Crippen LogP contribution >= 0.6 is 0 Å². The van der Waals surface area contributed by atoms with Gasteiger partial charge < -0.3 is 10.6 Å². The van der Waals surface area contributed by atoms with Crippen LogP contribution < -0.4 is 10.6 Å². The van der Waals surface area contributed by atoms with Crippen LogP contribution in [0, 0.1) is 6.92 Å². The zero-order valence-corrected chi connectivity index (χ0v) is 14.9. The first-order valence-corrected chi connectivity index (χ1v) is 8.53. The Kier molecular flexibility index (Phi) is 5.53. The zero-order chi connectivity index (χ0) is 18.4. The molecule has 0 radical (unpaired) electrons. The van der Waals surface area contributed by atoms with Gasteiger partial charge in [-0.15, -0.1) is 0 Å². The Labute approximate surface area is 152 Å². The Morgan fingerprint density at radius 2 is 1.73 bits per heavy atom. The van der Waals surface area contributed by atoms with Crippen LogP contribution in [0.2, 0.25) is 0 Å². The van der Waals surface area contributed by atoms with E-state index in [1.165, 1.54) is 5.56 Å². The maximum atomic E-state index is 12.4. The molecule has 1 amide bonds. The molecule has 132 valence electrons. The van der Waals surface area contributed by atoms with Crippen molar-refractivity contribution in [3.63, 3.8) is 0 Å². The van der Waals surface area contributed by atoms with Crippen LogP contribution in [0.25, 0.3) is 0 Å². The first-order chi connectivity index (χ1) is 12.6. The monoisotopic (exact) mass is 347 g/mol. The molecule has 2 aromatic heterocycles. The van der Waals surface area contributed by atoms with Gasteiger partial charge in [0.1, 0.15) is 17.3 Å². The maximum absolute atomic E-state index is 12.4. The van der Waals surface area contributed by atoms with E-state index in [4.69, 9.17) is 0 Å². The number of nitrogens with one attached hydrogen (secondary N) is 2. The Balaban J connectivity index is 1.70. The van der Waals surface area contributed by atoms with Crippen LogP contribution in [0.3, 0.4) is 0 Å². The van der Waals surface area contributed by atoms with Crippen molar-refractivity contribution in [2.45, 2.75) is 26.8 Å². The molecule has 3 rings (SSSR count). The molecule has 0 atom stereocenters. The number of rotatable bonds is 6. The molecule has 0 aliphatic heterocycles. The molecule has 6 nitrogen and oxygen atoms in total. The molecule has 0 saturated carbocycles. The average Bonchev–Trinajstić information content (AvgIpc) is 2.67. The summed E-state index contributed by atoms with van der Waals surface area (Å²) in [5.74, 6) is 0.891. The van der Waals surface area contributed by atoms with Gasteiger partial charge in [-0.1, -0.05) is 19.1 Å². The van der Waals surface area contributed by atoms with Gasteiger partial charge in [0.2, 0.25) is 0 Å². The first kappa shape index (κ1) is 17.5. The molecule has 3 aromatic rings. The van der Waals surface area contributed by atoms with Crippen LogP contribution in [0.1, 0.15) is 34.4 Å². The van der Waals surface area contributed by atoms with Crippen molar-refractivity contribution in [1.82, 2.24) is 20.3 Å². The van der Waals surface area contributed by atoms with Crippen molar-refractivity contribution in [2.24, 2.45) is 0 Å². The van der Waals surface area contributed by atoms with Crippen LogP contribution in [0.4, 0.5) is 11.5 Å². The van der Waals surface area contributed by atoms with E-state index in [2.05, 4.69) is 44.6 Å². The third kappa shape index (κ3) is 4.63. The van der Waals surface area contributed by atoms with Gasteiger partial charge in [0.15, 0.2) is 0 Å². The summed E-state index contributed by atoms with van der Waals surface area (Å²) in [5, 5.41) is 6.09. The zero-order valence-electron chi connectivity index (χ0n) is 14.9. The number of aromatic nitrogens is 3. The van der Waals surface area contributed by atoms with Crippen molar-refractivity contribution < 1.29 is 4.79 Å². The summed E-state index contributed by atoms with van der Waals surface area (Å²) in [4.78, 5) is 25.0. The van der Waals surface area contributed by atoms with Gasteiger partial charge in [-0.2, -0.15) is 0 Å². The number of pyridine rings is 1. The lowest BCUT2D eigenvalue weighted by atomic mass is 10.1. The highest BCUT2D eigenvalue weighted by Gasteiger charge is 2.10. The summed E-state index contributed by atoms with van der Waals surface area (Å²) in [7, 11) is 0. The molecule has 6 heteroatoms. The number of nitrogens with zero attached hydrogens (tertiary/aromatic N) is 3. The van der Waals surface area contributed by atoms with Crippen molar-refractivity contribution in [3.8, 4) is 0 Å². The lowest BCUT2D eigenvalue weighted by Gasteiger charge is -2.10. The fourth-order valence-electron chi connectivity index (χ4n) is 2.49. The number of hydrogen-bond acceptors (Lipinski definition) is 5. The van der Waals surface area contributed by atoms with Crippen molar-refractivity contribution >= 4 is 17.4 Å². The fraction of sp³-hybridized carbons (Fsp3) is 0.200. The molecular weight excluding hydrogens is 326 g/mol. The van der Waals surface area contributed by atoms with Gasteiger partial charge in [-0.25, -0.2) is 9.97 Å². The highest BCUT2D eigenvalue weighted by Crippen LogP contribution is 2.16. The minimum Gasteiger partial charge on any atom is -0.347 e. The number of anilines is 2. The predicted molar refractivity (Wildman–Crippen MR) is 101 cm³/mol. The molecule has 0 aliphatic rings. The summed E-state index contributed by atoms with van der Waals surface area (Å²) in [6, 6.07) is 13.5. The summed E-state index contributed by atoms with van der Waals surface area (Å²) in [6.07, 6.45) is 4.39. The number of carbonyl (C=O) groups is 1. The van der Waals surface area contributed by atoms with E-state index in [-0.39, 0.29) is 5.91 Å². The molecule has 0 saturated heterocycles. The summed E-state index contributed by atoms with van der Waals surface area (Å²) < 4.78 is 0. The van der Waals surface area contributed by atoms with E-state index in [1.807, 2.05) is 24.3 Å². The second kappa shape index (κ2) is 8.20. The maximum Gasteiger partial charge on any atom is 0.270 e. The Hall–Kier alpha value is -3.28. The molecular formula is C20H21N5O. The Bertz CT molecular complexity index is 878. The standard InChI is InChI=1S/C20H21N5O/c1-3-15-4-6-17(7-5-15)25-19-12-18(23-14(2)24-19)20(26)22-13-16-8-10-21-11-9-16/h4-12H,3,13H2,1-2H3,(H,22,26)(H,23,24,25). The number of carbonyl (C=O) groups excluding carboxylic acids is 1. The van der Waals surface area contributed by atoms with Crippen LogP contribution in [-0.4, -0.2) is 20.9 Å². The van der Waals surface area contributed by atoms with E-state index in [0.29, 0.717) is 23.9 Å². The molecule has 2 heterocycles. The third-order valence-corrected chi connectivity index (χ3v) is 3.91. The molecule has 0 spiro atoms. The summed E-state index contributed by atoms with van der Waals surface area (Å²) in [6.45, 7) is 4.31. The normalized spacial score (nSPS) is 10.4. The highest BCUT2D eigenvalue weighted by atomic mass is 16.1. The quantitative estimate of drug-likeness (QED) is 0.714. The smallest absolute Gasteiger partial charge is 0.270 e. The highest BCUT2D eigenvalue weighted by molar-refractivity contribution is 5.93. The lowest BCUT2D eigenvalue weighted by molar-refractivity contribution is 0.0945. The molecule has 26 heavy (non-hydrogen) atoms. The van der Waals surface area contributed by atoms with Gasteiger partial charge in [0, 0.05) is 30.7 Å². The Morgan fingerprint density at radius 1 is 1.00 bits per heavy atom. The number of amides is 1. The average molecular weight is 347 g/mol. The van der Waals surface area contributed by atoms with Gasteiger partial charge in [-0.3, -0.25) is 9.78 Å². The van der Waals surface area contributed by atoms with Crippen molar-refractivity contribution in [1.29, 1.82) is 0 Å². The van der Waals surface area contributed by atoms with Crippen molar-refractivity contribution in [2.75, 3.05) is 5.32 Å². The minimum absolute atomic E-state index is 0.239. The van der Waals surface area contributed by atoms with Gasteiger partial charge in [0.25, 0.3) is 5.91 Å². The summed E-state index contributed by atoms with van der Waals surface area (Å²) in [5.41, 5.74) is 3.50. The number of aryl methyl sites for hydroxylation is 2. The summed E-state index contributed by atoms with van der Waals surface area (Å²) >= 11 is 0. The molecule has 0 unspecified atom stereocenters. The van der Waals surface area contributed by atoms with E-state index >= 15 is 0 Å². The largest absolute Gasteiger partial charge is 0.347 e. The van der Waals surface area contributed by atoms with E-state index in [9.17, 15) is 4.79 Å². The molecule has 2 N–H and O–H groups in total. The fourth-order valence-corrected chi connectivity index (χ4v) is 2.49. The lowest BCUT2D eigenvalue weighted by Crippen LogP contribution is -2.24. The minimum atomic E-state index is -0.239. The molecule has 0 aliphatic carbocycles. The topological polar surface area (TPSA) is 79.8 Å². The number of hydrogen-bond donors (Lipinski definition) is 2. The predicted octanol–water partition coefficient (Wildman–Crippen LogP) is 3.42.